The van der Waals surface area contributed by atoms with Gasteiger partial charge >= 0.3 is 0 Å². The molecule has 0 unspecified atom stereocenters. The number of benzene rings is 1. The Hall–Kier alpha value is -1.92. The number of aromatic nitrogens is 2. The van der Waals surface area contributed by atoms with Gasteiger partial charge in [-0.05, 0) is 54.4 Å². The SMILES string of the molecule is CCCOc1ccc(-n2c(=S)[nH]c3ccsc3c2=O)cc1. The molecule has 3 rings (SSSR count). The van der Waals surface area contributed by atoms with Crippen molar-refractivity contribution in [2.24, 2.45) is 0 Å². The molecule has 4 nitrogen and oxygen atoms in total. The van der Waals surface area contributed by atoms with E-state index in [1.165, 1.54) is 15.9 Å². The van der Waals surface area contributed by atoms with Gasteiger partial charge in [-0.2, -0.15) is 0 Å². The maximum absolute atomic E-state index is 12.5. The lowest BCUT2D eigenvalue weighted by Crippen LogP contribution is -2.19. The van der Waals surface area contributed by atoms with Gasteiger partial charge in [-0.3, -0.25) is 9.36 Å². The van der Waals surface area contributed by atoms with Crippen molar-refractivity contribution in [3.05, 3.63) is 50.8 Å². The lowest BCUT2D eigenvalue weighted by Gasteiger charge is -2.08. The summed E-state index contributed by atoms with van der Waals surface area (Å²) in [6.45, 7) is 2.74. The first-order valence-corrected chi connectivity index (χ1v) is 7.95. The van der Waals surface area contributed by atoms with Crippen LogP contribution in [0.25, 0.3) is 15.9 Å². The first kappa shape index (κ1) is 14.0. The molecular weight excluding hydrogens is 304 g/mol. The van der Waals surface area contributed by atoms with Gasteiger partial charge in [0.2, 0.25) is 0 Å². The van der Waals surface area contributed by atoms with E-state index in [4.69, 9.17) is 17.0 Å². The van der Waals surface area contributed by atoms with Gasteiger partial charge in [0.05, 0.1) is 17.8 Å². The zero-order chi connectivity index (χ0) is 14.8. The molecule has 0 atom stereocenters. The number of aromatic amines is 1. The second kappa shape index (κ2) is 5.83. The Balaban J connectivity index is 2.08. The van der Waals surface area contributed by atoms with Gasteiger partial charge in [-0.1, -0.05) is 6.92 Å². The van der Waals surface area contributed by atoms with Crippen LogP contribution in [0.15, 0.2) is 40.5 Å². The summed E-state index contributed by atoms with van der Waals surface area (Å²) in [5.41, 5.74) is 1.43. The van der Waals surface area contributed by atoms with Gasteiger partial charge in [0.25, 0.3) is 5.56 Å². The Bertz CT molecular complexity index is 875. The maximum atomic E-state index is 12.5. The summed E-state index contributed by atoms with van der Waals surface area (Å²) < 4.78 is 8.13. The predicted molar refractivity (Wildman–Crippen MR) is 88.4 cm³/mol. The zero-order valence-electron chi connectivity index (χ0n) is 11.5. The van der Waals surface area contributed by atoms with Gasteiger partial charge in [-0.15, -0.1) is 11.3 Å². The molecule has 0 saturated carbocycles. The van der Waals surface area contributed by atoms with E-state index in [0.717, 1.165) is 23.4 Å². The quantitative estimate of drug-likeness (QED) is 0.742. The zero-order valence-corrected chi connectivity index (χ0v) is 13.1. The topological polar surface area (TPSA) is 47.0 Å². The molecule has 0 saturated heterocycles. The van der Waals surface area contributed by atoms with E-state index in [0.29, 0.717) is 16.1 Å². The number of fused-ring (bicyclic) bond motifs is 1. The Labute approximate surface area is 130 Å². The van der Waals surface area contributed by atoms with Crippen LogP contribution in [-0.4, -0.2) is 16.2 Å². The molecule has 2 heterocycles. The Morgan fingerprint density at radius 3 is 2.76 bits per heavy atom. The molecule has 6 heteroatoms. The van der Waals surface area contributed by atoms with Crippen molar-refractivity contribution in [2.75, 3.05) is 6.61 Å². The third kappa shape index (κ3) is 2.64. The van der Waals surface area contributed by atoms with E-state index >= 15 is 0 Å². The van der Waals surface area contributed by atoms with Gasteiger partial charge in [0.15, 0.2) is 4.77 Å². The number of nitrogens with one attached hydrogen (secondary N) is 1. The molecule has 1 aromatic carbocycles. The number of H-pyrrole nitrogens is 1. The summed E-state index contributed by atoms with van der Waals surface area (Å²) in [6, 6.07) is 9.25. The lowest BCUT2D eigenvalue weighted by atomic mass is 10.3. The van der Waals surface area contributed by atoms with Crippen LogP contribution < -0.4 is 10.3 Å². The molecule has 1 N–H and O–H groups in total. The maximum Gasteiger partial charge on any atom is 0.276 e. The summed E-state index contributed by atoms with van der Waals surface area (Å²) in [4.78, 5) is 15.6. The van der Waals surface area contributed by atoms with Crippen molar-refractivity contribution in [2.45, 2.75) is 13.3 Å². The summed E-state index contributed by atoms with van der Waals surface area (Å²) in [6.07, 6.45) is 0.960. The number of ether oxygens (including phenoxy) is 1. The van der Waals surface area contributed by atoms with E-state index in [9.17, 15) is 4.79 Å². The molecule has 108 valence electrons. The molecular formula is C15H14N2O2S2. The molecule has 0 spiro atoms. The highest BCUT2D eigenvalue weighted by molar-refractivity contribution is 7.71. The molecule has 2 aromatic heterocycles. The van der Waals surface area contributed by atoms with Crippen LogP contribution in [0.4, 0.5) is 0 Å². The van der Waals surface area contributed by atoms with E-state index in [1.54, 1.807) is 0 Å². The van der Waals surface area contributed by atoms with Crippen LogP contribution >= 0.6 is 23.6 Å². The highest BCUT2D eigenvalue weighted by atomic mass is 32.1. The number of thiophene rings is 1. The van der Waals surface area contributed by atoms with Crippen LogP contribution in [0.2, 0.25) is 0 Å². The van der Waals surface area contributed by atoms with Gasteiger partial charge in [0.1, 0.15) is 10.4 Å². The Morgan fingerprint density at radius 1 is 1.29 bits per heavy atom. The summed E-state index contributed by atoms with van der Waals surface area (Å²) in [7, 11) is 0. The molecule has 0 bridgehead atoms. The third-order valence-corrected chi connectivity index (χ3v) is 4.26. The van der Waals surface area contributed by atoms with Gasteiger partial charge < -0.3 is 9.72 Å². The number of rotatable bonds is 4. The fraction of sp³-hybridized carbons (Fsp3) is 0.200. The van der Waals surface area contributed by atoms with E-state index < -0.39 is 0 Å². The fourth-order valence-corrected chi connectivity index (χ4v) is 3.16. The van der Waals surface area contributed by atoms with E-state index in [1.807, 2.05) is 35.7 Å². The predicted octanol–water partition coefficient (Wildman–Crippen LogP) is 3.90. The van der Waals surface area contributed by atoms with Crippen molar-refractivity contribution in [1.29, 1.82) is 0 Å². The second-order valence-electron chi connectivity index (χ2n) is 4.58. The molecule has 0 amide bonds. The first-order valence-electron chi connectivity index (χ1n) is 6.66. The summed E-state index contributed by atoms with van der Waals surface area (Å²) in [5, 5.41) is 1.88. The minimum absolute atomic E-state index is 0.0917. The van der Waals surface area contributed by atoms with Crippen molar-refractivity contribution < 1.29 is 4.74 Å². The molecule has 21 heavy (non-hydrogen) atoms. The van der Waals surface area contributed by atoms with Crippen molar-refractivity contribution in [3.63, 3.8) is 0 Å². The standard InChI is InChI=1S/C15H14N2O2S2/c1-2-8-19-11-5-3-10(4-6-11)17-14(18)13-12(7-9-21-13)16-15(17)20/h3-7,9H,2,8H2,1H3,(H,16,20). The molecule has 0 aliphatic rings. The van der Waals surface area contributed by atoms with Crippen molar-refractivity contribution in [3.8, 4) is 11.4 Å². The van der Waals surface area contributed by atoms with Crippen LogP contribution in [0.3, 0.4) is 0 Å². The van der Waals surface area contributed by atoms with Crippen LogP contribution in [0, 0.1) is 4.77 Å². The fourth-order valence-electron chi connectivity index (χ4n) is 2.08. The monoisotopic (exact) mass is 318 g/mol. The van der Waals surface area contributed by atoms with Crippen molar-refractivity contribution >= 4 is 33.8 Å². The van der Waals surface area contributed by atoms with Crippen LogP contribution in [-0.2, 0) is 0 Å². The average molecular weight is 318 g/mol. The molecule has 0 aliphatic carbocycles. The third-order valence-electron chi connectivity index (χ3n) is 3.08. The Kier molecular flexibility index (Phi) is 3.90. The minimum Gasteiger partial charge on any atom is -0.494 e. The molecule has 0 radical (unpaired) electrons. The molecule has 0 aliphatic heterocycles. The number of hydrogen-bond donors (Lipinski definition) is 1. The van der Waals surface area contributed by atoms with Crippen LogP contribution in [0.1, 0.15) is 13.3 Å². The average Bonchev–Trinajstić information content (AvgIpc) is 2.95. The normalized spacial score (nSPS) is 10.9. The number of hydrogen-bond acceptors (Lipinski definition) is 4. The van der Waals surface area contributed by atoms with Gasteiger partial charge in [-0.25, -0.2) is 0 Å². The van der Waals surface area contributed by atoms with Crippen LogP contribution in [0.5, 0.6) is 5.75 Å². The van der Waals surface area contributed by atoms with E-state index in [-0.39, 0.29) is 5.56 Å². The first-order chi connectivity index (χ1) is 10.2. The molecule has 0 fully saturated rings. The summed E-state index contributed by atoms with van der Waals surface area (Å²) >= 11 is 6.71. The Morgan fingerprint density at radius 2 is 2.05 bits per heavy atom. The highest BCUT2D eigenvalue weighted by Gasteiger charge is 2.08. The minimum atomic E-state index is -0.0917. The smallest absolute Gasteiger partial charge is 0.276 e. The van der Waals surface area contributed by atoms with Crippen molar-refractivity contribution in [1.82, 2.24) is 9.55 Å². The molecule has 3 aromatic rings. The van der Waals surface area contributed by atoms with E-state index in [2.05, 4.69) is 11.9 Å². The second-order valence-corrected chi connectivity index (χ2v) is 5.88. The summed E-state index contributed by atoms with van der Waals surface area (Å²) in [5.74, 6) is 0.792. The van der Waals surface area contributed by atoms with Gasteiger partial charge in [0, 0.05) is 0 Å². The number of nitrogens with zero attached hydrogens (tertiary/aromatic N) is 1. The lowest BCUT2D eigenvalue weighted by molar-refractivity contribution is 0.317. The highest BCUT2D eigenvalue weighted by Crippen LogP contribution is 2.18. The largest absolute Gasteiger partial charge is 0.494 e.